The van der Waals surface area contributed by atoms with Crippen LogP contribution in [0, 0.1) is 34.5 Å². The number of aryl methyl sites for hydroxylation is 1. The number of carbonyl (C=O) groups excluding carboxylic acids is 1. The van der Waals surface area contributed by atoms with E-state index in [9.17, 15) is 28.1 Å². The van der Waals surface area contributed by atoms with E-state index < -0.39 is 39.5 Å². The Labute approximate surface area is 134 Å². The summed E-state index contributed by atoms with van der Waals surface area (Å²) in [5.74, 6) is -6.82. The van der Waals surface area contributed by atoms with Crippen LogP contribution in [0.25, 0.3) is 0 Å². The highest BCUT2D eigenvalue weighted by atomic mass is 19.2. The number of nitrogens with one attached hydrogen (secondary N) is 1. The third-order valence-electron chi connectivity index (χ3n) is 3.17. The quantitative estimate of drug-likeness (QED) is 0.524. The molecule has 0 saturated heterocycles. The molecule has 0 unspecified atom stereocenters. The molecule has 0 saturated carbocycles. The van der Waals surface area contributed by atoms with Crippen LogP contribution in [0.4, 0.5) is 24.5 Å². The number of anilines is 1. The Morgan fingerprint density at radius 1 is 1.17 bits per heavy atom. The molecule has 0 radical (unpaired) electrons. The summed E-state index contributed by atoms with van der Waals surface area (Å²) in [5, 5.41) is 12.9. The lowest BCUT2D eigenvalue weighted by molar-refractivity contribution is -0.387. The number of amides is 1. The fraction of sp³-hybridized carbons (Fsp3) is 0.133. The molecule has 2 aromatic carbocycles. The number of ether oxygens (including phenoxy) is 1. The molecule has 1 amide bonds. The number of halogens is 3. The Morgan fingerprint density at radius 3 is 2.42 bits per heavy atom. The Morgan fingerprint density at radius 2 is 1.83 bits per heavy atom. The van der Waals surface area contributed by atoms with Crippen molar-refractivity contribution in [2.24, 2.45) is 0 Å². The van der Waals surface area contributed by atoms with E-state index in [0.717, 1.165) is 5.56 Å². The van der Waals surface area contributed by atoms with Crippen molar-refractivity contribution in [1.82, 2.24) is 0 Å². The molecule has 0 aromatic heterocycles. The maximum absolute atomic E-state index is 13.8. The molecule has 0 aliphatic carbocycles. The van der Waals surface area contributed by atoms with Gasteiger partial charge in [-0.1, -0.05) is 6.07 Å². The summed E-state index contributed by atoms with van der Waals surface area (Å²) < 4.78 is 45.6. The predicted molar refractivity (Wildman–Crippen MR) is 78.7 cm³/mol. The standard InChI is InChI=1S/C15H11F3N2O4/c1-7-3-4-11(24-2)9(5-7)19-15(21)8-6-10(20(22)23)13(17)14(18)12(8)16/h3-6H,1-2H3,(H,19,21). The molecule has 0 spiro atoms. The molecule has 2 rings (SSSR count). The average molecular weight is 340 g/mol. The molecule has 126 valence electrons. The predicted octanol–water partition coefficient (Wildman–Crippen LogP) is 3.58. The van der Waals surface area contributed by atoms with Gasteiger partial charge in [-0.2, -0.15) is 4.39 Å². The summed E-state index contributed by atoms with van der Waals surface area (Å²) in [6.07, 6.45) is 0. The minimum Gasteiger partial charge on any atom is -0.495 e. The summed E-state index contributed by atoms with van der Waals surface area (Å²) in [7, 11) is 1.34. The first-order valence-electron chi connectivity index (χ1n) is 6.54. The van der Waals surface area contributed by atoms with E-state index in [1.807, 2.05) is 0 Å². The monoisotopic (exact) mass is 340 g/mol. The lowest BCUT2D eigenvalue weighted by Crippen LogP contribution is -2.17. The summed E-state index contributed by atoms with van der Waals surface area (Å²) in [5.41, 5.74) is -1.45. The van der Waals surface area contributed by atoms with E-state index in [0.29, 0.717) is 6.07 Å². The number of nitrogens with zero attached hydrogens (tertiary/aromatic N) is 1. The van der Waals surface area contributed by atoms with Crippen molar-refractivity contribution in [3.8, 4) is 5.75 Å². The van der Waals surface area contributed by atoms with Crippen LogP contribution in [0.5, 0.6) is 5.75 Å². The second kappa shape index (κ2) is 6.57. The lowest BCUT2D eigenvalue weighted by Gasteiger charge is -2.11. The largest absolute Gasteiger partial charge is 0.495 e. The van der Waals surface area contributed by atoms with Gasteiger partial charge in [0.1, 0.15) is 5.75 Å². The van der Waals surface area contributed by atoms with E-state index in [1.54, 1.807) is 13.0 Å². The number of methoxy groups -OCH3 is 1. The normalized spacial score (nSPS) is 10.4. The topological polar surface area (TPSA) is 81.5 Å². The van der Waals surface area contributed by atoms with Gasteiger partial charge in [-0.25, -0.2) is 8.78 Å². The second-order valence-corrected chi connectivity index (χ2v) is 4.80. The van der Waals surface area contributed by atoms with Crippen LogP contribution in [-0.4, -0.2) is 17.9 Å². The number of hydrogen-bond acceptors (Lipinski definition) is 4. The van der Waals surface area contributed by atoms with Gasteiger partial charge in [-0.05, 0) is 24.6 Å². The molecule has 0 fully saturated rings. The average Bonchev–Trinajstić information content (AvgIpc) is 2.52. The first-order valence-corrected chi connectivity index (χ1v) is 6.54. The van der Waals surface area contributed by atoms with Gasteiger partial charge >= 0.3 is 5.69 Å². The summed E-state index contributed by atoms with van der Waals surface area (Å²) in [6.45, 7) is 1.72. The smallest absolute Gasteiger partial charge is 0.308 e. The summed E-state index contributed by atoms with van der Waals surface area (Å²) in [4.78, 5) is 21.6. The van der Waals surface area contributed by atoms with Crippen LogP contribution in [-0.2, 0) is 0 Å². The summed E-state index contributed by atoms with van der Waals surface area (Å²) in [6, 6.07) is 5.07. The Balaban J connectivity index is 2.48. The Kier molecular flexibility index (Phi) is 4.72. The number of carbonyl (C=O) groups is 1. The van der Waals surface area contributed by atoms with Crippen LogP contribution in [0.2, 0.25) is 0 Å². The minimum absolute atomic E-state index is 0.147. The maximum atomic E-state index is 13.8. The molecule has 2 aromatic rings. The molecule has 0 atom stereocenters. The van der Waals surface area contributed by atoms with Crippen LogP contribution in [0.3, 0.4) is 0 Å². The van der Waals surface area contributed by atoms with Crippen molar-refractivity contribution in [3.05, 3.63) is 63.0 Å². The van der Waals surface area contributed by atoms with Crippen molar-refractivity contribution >= 4 is 17.3 Å². The van der Waals surface area contributed by atoms with Gasteiger partial charge in [-0.15, -0.1) is 0 Å². The zero-order chi connectivity index (χ0) is 18.0. The number of nitro benzene ring substituents is 1. The Bertz CT molecular complexity index is 840. The van der Waals surface area contributed by atoms with Gasteiger partial charge in [-0.3, -0.25) is 14.9 Å². The zero-order valence-electron chi connectivity index (χ0n) is 12.5. The highest BCUT2D eigenvalue weighted by Gasteiger charge is 2.28. The first kappa shape index (κ1) is 17.3. The van der Waals surface area contributed by atoms with Crippen molar-refractivity contribution in [1.29, 1.82) is 0 Å². The molecule has 9 heteroatoms. The SMILES string of the molecule is COc1ccc(C)cc1NC(=O)c1cc([N+](=O)[O-])c(F)c(F)c1F. The summed E-state index contributed by atoms with van der Waals surface area (Å²) >= 11 is 0. The molecule has 0 aliphatic heterocycles. The lowest BCUT2D eigenvalue weighted by atomic mass is 10.1. The molecule has 0 bridgehead atoms. The van der Waals surface area contributed by atoms with E-state index in [4.69, 9.17) is 4.74 Å². The van der Waals surface area contributed by atoms with E-state index in [-0.39, 0.29) is 11.4 Å². The van der Waals surface area contributed by atoms with Crippen molar-refractivity contribution in [2.75, 3.05) is 12.4 Å². The van der Waals surface area contributed by atoms with Crippen LogP contribution in [0.15, 0.2) is 24.3 Å². The molecule has 6 nitrogen and oxygen atoms in total. The third kappa shape index (κ3) is 3.14. The van der Waals surface area contributed by atoms with Gasteiger partial charge in [0, 0.05) is 6.07 Å². The molecular formula is C15H11F3N2O4. The Hall–Kier alpha value is -3.10. The fourth-order valence-electron chi connectivity index (χ4n) is 2.00. The maximum Gasteiger partial charge on any atom is 0.308 e. The fourth-order valence-corrected chi connectivity index (χ4v) is 2.00. The van der Waals surface area contributed by atoms with Gasteiger partial charge in [0.25, 0.3) is 5.91 Å². The van der Waals surface area contributed by atoms with E-state index >= 15 is 0 Å². The van der Waals surface area contributed by atoms with Crippen LogP contribution < -0.4 is 10.1 Å². The number of rotatable bonds is 4. The zero-order valence-corrected chi connectivity index (χ0v) is 12.5. The molecule has 0 heterocycles. The van der Waals surface area contributed by atoms with Crippen molar-refractivity contribution < 1.29 is 27.6 Å². The van der Waals surface area contributed by atoms with Gasteiger partial charge in [0.2, 0.25) is 11.6 Å². The van der Waals surface area contributed by atoms with Gasteiger partial charge < -0.3 is 10.1 Å². The second-order valence-electron chi connectivity index (χ2n) is 4.80. The number of hydrogen-bond donors (Lipinski definition) is 1. The third-order valence-corrected chi connectivity index (χ3v) is 3.17. The highest BCUT2D eigenvalue weighted by molar-refractivity contribution is 6.05. The molecule has 0 aliphatic rings. The molecule has 24 heavy (non-hydrogen) atoms. The number of nitro groups is 1. The van der Waals surface area contributed by atoms with Gasteiger partial charge in [0.05, 0.1) is 23.3 Å². The highest BCUT2D eigenvalue weighted by Crippen LogP contribution is 2.28. The van der Waals surface area contributed by atoms with Gasteiger partial charge in [0.15, 0.2) is 5.82 Å². The van der Waals surface area contributed by atoms with E-state index in [1.165, 1.54) is 19.2 Å². The van der Waals surface area contributed by atoms with Crippen molar-refractivity contribution in [3.63, 3.8) is 0 Å². The molecular weight excluding hydrogens is 329 g/mol. The van der Waals surface area contributed by atoms with Crippen LogP contribution >= 0.6 is 0 Å². The van der Waals surface area contributed by atoms with E-state index in [2.05, 4.69) is 5.32 Å². The van der Waals surface area contributed by atoms with Crippen molar-refractivity contribution in [2.45, 2.75) is 6.92 Å². The van der Waals surface area contributed by atoms with Crippen LogP contribution in [0.1, 0.15) is 15.9 Å². The molecule has 1 N–H and O–H groups in total. The first-order chi connectivity index (χ1) is 11.3. The number of benzene rings is 2. The minimum atomic E-state index is -2.09.